The number of benzene rings is 1. The van der Waals surface area contributed by atoms with Gasteiger partial charge in [0.2, 0.25) is 5.91 Å². The number of anilines is 2. The summed E-state index contributed by atoms with van der Waals surface area (Å²) in [5.74, 6) is 0.220. The zero-order valence-corrected chi connectivity index (χ0v) is 19.2. The van der Waals surface area contributed by atoms with Crippen molar-refractivity contribution in [3.8, 4) is 0 Å². The second kappa shape index (κ2) is 9.83. The van der Waals surface area contributed by atoms with Crippen molar-refractivity contribution in [2.24, 2.45) is 5.92 Å². The van der Waals surface area contributed by atoms with E-state index in [1.165, 1.54) is 10.6 Å². The van der Waals surface area contributed by atoms with Crippen LogP contribution in [-0.2, 0) is 22.4 Å². The van der Waals surface area contributed by atoms with E-state index in [2.05, 4.69) is 46.3 Å². The van der Waals surface area contributed by atoms with Crippen LogP contribution in [0.2, 0.25) is 0 Å². The zero-order valence-electron chi connectivity index (χ0n) is 18.4. The first-order chi connectivity index (χ1) is 15.0. The molecule has 1 saturated heterocycles. The molecule has 2 heterocycles. The number of amides is 1. The summed E-state index contributed by atoms with van der Waals surface area (Å²) >= 11 is 1.55. The molecule has 0 bridgehead atoms. The van der Waals surface area contributed by atoms with E-state index in [1.54, 1.807) is 11.3 Å². The van der Waals surface area contributed by atoms with E-state index in [4.69, 9.17) is 4.74 Å². The molecule has 1 N–H and O–H groups in total. The van der Waals surface area contributed by atoms with Gasteiger partial charge in [0, 0.05) is 36.7 Å². The molecular formula is C24H31N3O3S. The van der Waals surface area contributed by atoms with E-state index >= 15 is 0 Å². The van der Waals surface area contributed by atoms with E-state index in [1.807, 2.05) is 13.0 Å². The topological polar surface area (TPSA) is 61.9 Å². The van der Waals surface area contributed by atoms with E-state index < -0.39 is 0 Å². The first-order valence-corrected chi connectivity index (χ1v) is 12.0. The van der Waals surface area contributed by atoms with Crippen LogP contribution in [0.25, 0.3) is 0 Å². The molecule has 2 aromatic rings. The summed E-state index contributed by atoms with van der Waals surface area (Å²) in [5, 5.41) is 3.69. The van der Waals surface area contributed by atoms with Crippen molar-refractivity contribution in [2.45, 2.75) is 33.1 Å². The summed E-state index contributed by atoms with van der Waals surface area (Å²) in [4.78, 5) is 31.2. The van der Waals surface area contributed by atoms with Crippen LogP contribution in [0.1, 0.15) is 41.1 Å². The van der Waals surface area contributed by atoms with Crippen molar-refractivity contribution in [1.82, 2.24) is 4.90 Å². The van der Waals surface area contributed by atoms with Gasteiger partial charge in [-0.2, -0.15) is 0 Å². The van der Waals surface area contributed by atoms with Crippen LogP contribution in [0.3, 0.4) is 0 Å². The van der Waals surface area contributed by atoms with Crippen molar-refractivity contribution < 1.29 is 14.3 Å². The Kier molecular flexibility index (Phi) is 6.92. The monoisotopic (exact) mass is 441 g/mol. The molecule has 166 valence electrons. The maximum Gasteiger partial charge on any atom is 0.341 e. The molecule has 0 radical (unpaired) electrons. The third-order valence-corrected chi connectivity index (χ3v) is 7.27. The number of thiophene rings is 1. The molecule has 0 saturated carbocycles. The summed E-state index contributed by atoms with van der Waals surface area (Å²) in [6.07, 6.45) is 2.90. The fourth-order valence-corrected chi connectivity index (χ4v) is 5.85. The molecule has 1 atom stereocenters. The first-order valence-electron chi connectivity index (χ1n) is 11.2. The molecule has 7 heteroatoms. The maximum absolute atomic E-state index is 12.8. The highest BCUT2D eigenvalue weighted by atomic mass is 32.1. The highest BCUT2D eigenvalue weighted by molar-refractivity contribution is 7.17. The molecule has 4 rings (SSSR count). The fourth-order valence-electron chi connectivity index (χ4n) is 4.43. The maximum atomic E-state index is 12.8. The second-order valence-electron chi connectivity index (χ2n) is 8.42. The Balaban J connectivity index is 1.39. The number of nitrogens with zero attached hydrogens (tertiary/aromatic N) is 2. The Morgan fingerprint density at radius 2 is 1.90 bits per heavy atom. The number of para-hydroxylation sites is 1. The minimum atomic E-state index is -0.318. The molecule has 6 nitrogen and oxygen atoms in total. The summed E-state index contributed by atoms with van der Waals surface area (Å²) in [5.41, 5.74) is 2.88. The van der Waals surface area contributed by atoms with Crippen molar-refractivity contribution in [3.05, 3.63) is 46.3 Å². The predicted octanol–water partition coefficient (Wildman–Crippen LogP) is 3.81. The lowest BCUT2D eigenvalue weighted by Gasteiger charge is -2.35. The molecule has 1 aromatic heterocycles. The van der Waals surface area contributed by atoms with Gasteiger partial charge in [-0.15, -0.1) is 11.3 Å². The summed E-state index contributed by atoms with van der Waals surface area (Å²) in [6, 6.07) is 10.4. The Bertz CT molecular complexity index is 920. The largest absolute Gasteiger partial charge is 0.462 e. The van der Waals surface area contributed by atoms with E-state index in [0.717, 1.165) is 51.0 Å². The number of nitrogens with one attached hydrogen (secondary N) is 1. The SMILES string of the molecule is CCOC(=O)c1c(NC(=O)CN2CCN(c3ccccc3)CC2)sc2c1CCC(C)C2. The second-order valence-corrected chi connectivity index (χ2v) is 9.53. The highest BCUT2D eigenvalue weighted by Gasteiger charge is 2.29. The number of rotatable bonds is 6. The van der Waals surface area contributed by atoms with Crippen LogP contribution in [-0.4, -0.2) is 56.1 Å². The third kappa shape index (κ3) is 5.10. The van der Waals surface area contributed by atoms with Gasteiger partial charge in [0.1, 0.15) is 5.00 Å². The van der Waals surface area contributed by atoms with E-state index in [9.17, 15) is 9.59 Å². The molecule has 1 aliphatic heterocycles. The lowest BCUT2D eigenvalue weighted by Crippen LogP contribution is -2.48. The van der Waals surface area contributed by atoms with Crippen LogP contribution in [0.5, 0.6) is 0 Å². The number of carbonyl (C=O) groups excluding carboxylic acids is 2. The molecule has 1 unspecified atom stereocenters. The molecule has 1 amide bonds. The smallest absolute Gasteiger partial charge is 0.341 e. The Morgan fingerprint density at radius 1 is 1.16 bits per heavy atom. The van der Waals surface area contributed by atoms with Crippen LogP contribution in [0, 0.1) is 5.92 Å². The standard InChI is InChI=1S/C24H31N3O3S/c1-3-30-24(29)22-19-10-9-17(2)15-20(19)31-23(22)25-21(28)16-26-11-13-27(14-12-26)18-7-5-4-6-8-18/h4-8,17H,3,9-16H2,1-2H3,(H,25,28). The van der Waals surface area contributed by atoms with Gasteiger partial charge in [-0.25, -0.2) is 4.79 Å². The summed E-state index contributed by atoms with van der Waals surface area (Å²) in [6.45, 7) is 8.19. The minimum absolute atomic E-state index is 0.0645. The molecular weight excluding hydrogens is 410 g/mol. The van der Waals surface area contributed by atoms with Crippen LogP contribution >= 0.6 is 11.3 Å². The fraction of sp³-hybridized carbons (Fsp3) is 0.500. The molecule has 2 aliphatic rings. The summed E-state index contributed by atoms with van der Waals surface area (Å²) in [7, 11) is 0. The number of ether oxygens (including phenoxy) is 1. The Morgan fingerprint density at radius 3 is 2.61 bits per heavy atom. The van der Waals surface area contributed by atoms with Gasteiger partial charge in [0.15, 0.2) is 0 Å². The Hall–Kier alpha value is -2.38. The molecule has 31 heavy (non-hydrogen) atoms. The van der Waals surface area contributed by atoms with Crippen molar-refractivity contribution in [3.63, 3.8) is 0 Å². The number of carbonyl (C=O) groups is 2. The number of hydrogen-bond donors (Lipinski definition) is 1. The number of esters is 1. The number of hydrogen-bond acceptors (Lipinski definition) is 6. The average Bonchev–Trinajstić information content (AvgIpc) is 3.11. The average molecular weight is 442 g/mol. The van der Waals surface area contributed by atoms with Gasteiger partial charge >= 0.3 is 5.97 Å². The van der Waals surface area contributed by atoms with Crippen LogP contribution in [0.4, 0.5) is 10.7 Å². The van der Waals surface area contributed by atoms with Crippen LogP contribution in [0.15, 0.2) is 30.3 Å². The van der Waals surface area contributed by atoms with Crippen molar-refractivity contribution in [1.29, 1.82) is 0 Å². The van der Waals surface area contributed by atoms with Crippen molar-refractivity contribution >= 4 is 33.9 Å². The van der Waals surface area contributed by atoms with Crippen molar-refractivity contribution in [2.75, 3.05) is 49.5 Å². The lowest BCUT2D eigenvalue weighted by molar-refractivity contribution is -0.117. The Labute approximate surface area is 188 Å². The predicted molar refractivity (Wildman–Crippen MR) is 125 cm³/mol. The molecule has 0 spiro atoms. The first kappa shape index (κ1) is 21.8. The zero-order chi connectivity index (χ0) is 21.8. The molecule has 1 fully saturated rings. The minimum Gasteiger partial charge on any atom is -0.462 e. The third-order valence-electron chi connectivity index (χ3n) is 6.11. The molecule has 1 aromatic carbocycles. The van der Waals surface area contributed by atoms with E-state index in [0.29, 0.717) is 29.6 Å². The molecule has 1 aliphatic carbocycles. The van der Waals surface area contributed by atoms with Crippen LogP contribution < -0.4 is 10.2 Å². The number of piperazine rings is 1. The van der Waals surface area contributed by atoms with Gasteiger partial charge in [-0.1, -0.05) is 25.1 Å². The summed E-state index contributed by atoms with van der Waals surface area (Å²) < 4.78 is 5.31. The quantitative estimate of drug-likeness (QED) is 0.691. The van der Waals surface area contributed by atoms with Gasteiger partial charge in [-0.3, -0.25) is 9.69 Å². The van der Waals surface area contributed by atoms with Gasteiger partial charge < -0.3 is 15.0 Å². The lowest BCUT2D eigenvalue weighted by atomic mass is 9.88. The van der Waals surface area contributed by atoms with Gasteiger partial charge in [-0.05, 0) is 49.8 Å². The van der Waals surface area contributed by atoms with E-state index in [-0.39, 0.29) is 11.9 Å². The highest BCUT2D eigenvalue weighted by Crippen LogP contribution is 2.40. The van der Waals surface area contributed by atoms with Gasteiger partial charge in [0.25, 0.3) is 0 Å². The normalized spacial score (nSPS) is 19.0. The van der Waals surface area contributed by atoms with Gasteiger partial charge in [0.05, 0.1) is 18.7 Å². The number of fused-ring (bicyclic) bond motifs is 1.